The zero-order chi connectivity index (χ0) is 14.2. The maximum absolute atomic E-state index is 10.2. The van der Waals surface area contributed by atoms with Gasteiger partial charge in [0.05, 0.1) is 15.7 Å². The van der Waals surface area contributed by atoms with Crippen molar-refractivity contribution in [2.24, 2.45) is 0 Å². The molecule has 1 fully saturated rings. The van der Waals surface area contributed by atoms with Crippen LogP contribution in [0.3, 0.4) is 0 Å². The predicted molar refractivity (Wildman–Crippen MR) is 86.3 cm³/mol. The molecule has 0 N–H and O–H groups in total. The summed E-state index contributed by atoms with van der Waals surface area (Å²) in [6, 6.07) is 1.32. The minimum Gasteiger partial charge on any atom is -0.466 e. The Labute approximate surface area is 117 Å². The molecule has 0 spiro atoms. The summed E-state index contributed by atoms with van der Waals surface area (Å²) >= 11 is 0. The van der Waals surface area contributed by atoms with Crippen molar-refractivity contribution in [2.45, 2.75) is 32.6 Å². The Balaban J connectivity index is 0.000000360. The molecule has 1 rings (SSSR count). The average Bonchev–Trinajstić information content (AvgIpc) is 2.27. The van der Waals surface area contributed by atoms with Gasteiger partial charge in [-0.3, -0.25) is 0 Å². The number of hydrogen-bond acceptors (Lipinski definition) is 4. The maximum Gasteiger partial charge on any atom is 0.332 e. The molecule has 18 heavy (non-hydrogen) atoms. The van der Waals surface area contributed by atoms with E-state index < -0.39 is 16.9 Å². The first-order valence-electron chi connectivity index (χ1n) is 6.25. The Bertz CT molecular complexity index is 272. The topological polar surface area (TPSA) is 44.8 Å². The summed E-state index contributed by atoms with van der Waals surface area (Å²) < 4.78 is 15.9. The molecule has 0 aromatic carbocycles. The smallest absolute Gasteiger partial charge is 0.332 e. The quantitative estimate of drug-likeness (QED) is 0.417. The third-order valence-corrected chi connectivity index (χ3v) is 22.9. The molecule has 1 heterocycles. The first kappa shape index (κ1) is 18.0. The number of hydrogen-bond donors (Lipinski definition) is 0. The van der Waals surface area contributed by atoms with Gasteiger partial charge in [-0.15, -0.1) is 0 Å². The lowest BCUT2D eigenvalue weighted by atomic mass is 10.4. The fourth-order valence-corrected chi connectivity index (χ4v) is 26.7. The Morgan fingerprint density at radius 3 is 2.33 bits per heavy atom. The average molecular weight is 323 g/mol. The van der Waals surface area contributed by atoms with Crippen LogP contribution < -0.4 is 0 Å². The Hall–Kier alpha value is -0.00247. The van der Waals surface area contributed by atoms with E-state index in [2.05, 4.69) is 31.0 Å². The van der Waals surface area contributed by atoms with Crippen LogP contribution >= 0.6 is 0 Å². The van der Waals surface area contributed by atoms with Crippen LogP contribution in [0.15, 0.2) is 12.2 Å². The van der Waals surface area contributed by atoms with Crippen molar-refractivity contribution in [3.8, 4) is 0 Å². The summed E-state index contributed by atoms with van der Waals surface area (Å²) in [5, 5.41) is 0. The van der Waals surface area contributed by atoms with E-state index in [-0.39, 0.29) is 23.8 Å². The van der Waals surface area contributed by atoms with Crippen LogP contribution in [0, 0.1) is 0 Å². The standard InChI is InChI=1S/C5H18O2Si4.C5H8O2/c1-11(2,3)7-10-5-4-6-8-9-10;1-4(2)5(6)7-3/h10H,4-5,8-9H2,1-3H3;1H2,2-3H3. The molecule has 0 aliphatic carbocycles. The van der Waals surface area contributed by atoms with Gasteiger partial charge in [-0.25, -0.2) is 4.79 Å². The number of rotatable bonds is 3. The van der Waals surface area contributed by atoms with E-state index in [4.69, 9.17) is 8.54 Å². The van der Waals surface area contributed by atoms with Crippen molar-refractivity contribution in [3.05, 3.63) is 12.2 Å². The second-order valence-corrected chi connectivity index (χ2v) is 24.6. The van der Waals surface area contributed by atoms with E-state index in [9.17, 15) is 4.79 Å². The third kappa shape index (κ3) is 9.97. The van der Waals surface area contributed by atoms with E-state index in [0.29, 0.717) is 5.57 Å². The van der Waals surface area contributed by atoms with E-state index in [1.165, 1.54) is 13.2 Å². The number of esters is 1. The number of ether oxygens (including phenoxy) is 1. The first-order valence-corrected chi connectivity index (χ1v) is 18.8. The lowest BCUT2D eigenvalue weighted by Crippen LogP contribution is -2.44. The Morgan fingerprint density at radius 2 is 2.06 bits per heavy atom. The molecule has 1 aliphatic heterocycles. The monoisotopic (exact) mass is 322 g/mol. The van der Waals surface area contributed by atoms with Gasteiger partial charge in [-0.05, 0) is 32.6 Å². The minimum atomic E-state index is -1.18. The molecule has 0 saturated carbocycles. The first-order chi connectivity index (χ1) is 8.26. The molecule has 0 aromatic rings. The van der Waals surface area contributed by atoms with Crippen LogP contribution in [0.25, 0.3) is 0 Å². The fourth-order valence-electron chi connectivity index (χ4n) is 1.47. The normalized spacial score (nSPS) is 22.2. The fraction of sp³-hybridized carbons (Fsp3) is 0.700. The minimum absolute atomic E-state index is 0.0101. The molecule has 106 valence electrons. The highest BCUT2D eigenvalue weighted by Crippen LogP contribution is 2.08. The second kappa shape index (κ2) is 8.99. The molecule has 1 unspecified atom stereocenters. The highest BCUT2D eigenvalue weighted by atomic mass is 29.6. The zero-order valence-electron chi connectivity index (χ0n) is 12.2. The number of carbonyl (C=O) groups is 1. The van der Waals surface area contributed by atoms with Crippen LogP contribution in [-0.2, 0) is 18.1 Å². The van der Waals surface area contributed by atoms with Crippen molar-refractivity contribution in [3.63, 3.8) is 0 Å². The summed E-state index contributed by atoms with van der Waals surface area (Å²) in [6.07, 6.45) is 0. The molecule has 0 radical (unpaired) electrons. The van der Waals surface area contributed by atoms with Crippen LogP contribution in [0.5, 0.6) is 0 Å². The molecule has 0 amide bonds. The summed E-state index contributed by atoms with van der Waals surface area (Å²) in [6.45, 7) is 12.9. The third-order valence-electron chi connectivity index (χ3n) is 2.22. The molecular formula is C10H26O4Si4. The van der Waals surface area contributed by atoms with E-state index in [1.54, 1.807) is 6.92 Å². The van der Waals surface area contributed by atoms with Crippen LogP contribution in [0.1, 0.15) is 6.92 Å². The van der Waals surface area contributed by atoms with Crippen molar-refractivity contribution in [2.75, 3.05) is 13.7 Å². The van der Waals surface area contributed by atoms with Crippen molar-refractivity contribution in [1.82, 2.24) is 0 Å². The Kier molecular flexibility index (Phi) is 8.99. The number of methoxy groups -OCH3 is 1. The van der Waals surface area contributed by atoms with E-state index >= 15 is 0 Å². The van der Waals surface area contributed by atoms with Crippen LogP contribution in [0.2, 0.25) is 25.7 Å². The van der Waals surface area contributed by atoms with Crippen LogP contribution in [0.4, 0.5) is 0 Å². The van der Waals surface area contributed by atoms with Gasteiger partial charge in [0.15, 0.2) is 8.32 Å². The van der Waals surface area contributed by atoms with Gasteiger partial charge >= 0.3 is 5.97 Å². The molecule has 0 bridgehead atoms. The summed E-state index contributed by atoms with van der Waals surface area (Å²) in [7, 11) is -0.264. The maximum atomic E-state index is 10.2. The van der Waals surface area contributed by atoms with Crippen molar-refractivity contribution in [1.29, 1.82) is 0 Å². The van der Waals surface area contributed by atoms with Gasteiger partial charge in [0.2, 0.25) is 0 Å². The molecule has 1 atom stereocenters. The highest BCUT2D eigenvalue weighted by molar-refractivity contribution is 7.34. The second-order valence-electron chi connectivity index (χ2n) is 5.31. The highest BCUT2D eigenvalue weighted by Gasteiger charge is 2.24. The molecular weight excluding hydrogens is 296 g/mol. The summed E-state index contributed by atoms with van der Waals surface area (Å²) in [4.78, 5) is 10.2. The van der Waals surface area contributed by atoms with E-state index in [1.807, 2.05) is 0 Å². The van der Waals surface area contributed by atoms with Crippen molar-refractivity contribution < 1.29 is 18.1 Å². The molecule has 8 heteroatoms. The SMILES string of the molecule is C=C(C)C(=O)OC.C[Si](C)(C)O[SiH]1CCO[SiH2][SiH2]1. The van der Waals surface area contributed by atoms with Gasteiger partial charge in [-0.1, -0.05) is 6.58 Å². The predicted octanol–water partition coefficient (Wildman–Crippen LogP) is -0.00830. The van der Waals surface area contributed by atoms with Gasteiger partial charge in [0.25, 0.3) is 0 Å². The van der Waals surface area contributed by atoms with Crippen molar-refractivity contribution >= 4 is 40.7 Å². The molecule has 1 aliphatic rings. The van der Waals surface area contributed by atoms with Crippen LogP contribution in [-0.4, -0.2) is 54.4 Å². The zero-order valence-corrected chi connectivity index (χ0v) is 17.2. The van der Waals surface area contributed by atoms with Gasteiger partial charge in [0, 0.05) is 12.2 Å². The van der Waals surface area contributed by atoms with Gasteiger partial charge in [-0.2, -0.15) is 0 Å². The number of carbonyl (C=O) groups excluding carboxylic acids is 1. The lowest BCUT2D eigenvalue weighted by molar-refractivity contribution is -0.136. The molecule has 1 saturated heterocycles. The molecule has 4 nitrogen and oxygen atoms in total. The summed E-state index contributed by atoms with van der Waals surface area (Å²) in [5.41, 5.74) is 0.433. The van der Waals surface area contributed by atoms with Gasteiger partial charge < -0.3 is 13.3 Å². The van der Waals surface area contributed by atoms with E-state index in [0.717, 1.165) is 6.61 Å². The van der Waals surface area contributed by atoms with Gasteiger partial charge in [0.1, 0.15) is 17.8 Å². The lowest BCUT2D eigenvalue weighted by Gasteiger charge is -2.28. The largest absolute Gasteiger partial charge is 0.466 e. The summed E-state index contributed by atoms with van der Waals surface area (Å²) in [5.74, 6) is -0.347. The molecule has 0 aromatic heterocycles. The Morgan fingerprint density at radius 1 is 1.44 bits per heavy atom.